The highest BCUT2D eigenvalue weighted by Gasteiger charge is 2.24. The second-order valence-electron chi connectivity index (χ2n) is 4.13. The van der Waals surface area contributed by atoms with Gasteiger partial charge in [-0.05, 0) is 25.7 Å². The second kappa shape index (κ2) is 4.05. The molecule has 1 aliphatic rings. The molecule has 1 heterocycles. The monoisotopic (exact) mass is 191 g/mol. The third kappa shape index (κ3) is 1.77. The summed E-state index contributed by atoms with van der Waals surface area (Å²) >= 11 is 0. The number of nitrogens with zero attached hydrogens (tertiary/aromatic N) is 2. The number of hydrogen-bond acceptors (Lipinski definition) is 3. The van der Waals surface area contributed by atoms with Gasteiger partial charge in [0.25, 0.3) is 0 Å². The van der Waals surface area contributed by atoms with Gasteiger partial charge in [-0.1, -0.05) is 12.8 Å². The maximum atomic E-state index is 6.22. The van der Waals surface area contributed by atoms with E-state index in [1.165, 1.54) is 25.7 Å². The summed E-state index contributed by atoms with van der Waals surface area (Å²) in [6.07, 6.45) is 8.62. The number of aryl methyl sites for hydroxylation is 1. The summed E-state index contributed by atoms with van der Waals surface area (Å²) in [4.78, 5) is 8.23. The molecule has 0 aliphatic heterocycles. The minimum absolute atomic E-state index is 0.138. The molecule has 1 saturated carbocycles. The van der Waals surface area contributed by atoms with E-state index in [0.29, 0.717) is 5.92 Å². The second-order valence-corrected chi connectivity index (χ2v) is 4.13. The molecule has 1 unspecified atom stereocenters. The molecule has 2 N–H and O–H groups in total. The molecule has 3 heteroatoms. The molecule has 0 amide bonds. The van der Waals surface area contributed by atoms with E-state index in [2.05, 4.69) is 9.97 Å². The zero-order valence-corrected chi connectivity index (χ0v) is 8.61. The van der Waals surface area contributed by atoms with Gasteiger partial charge >= 0.3 is 0 Å². The Morgan fingerprint density at radius 2 is 2.14 bits per heavy atom. The molecule has 1 atom stereocenters. The summed E-state index contributed by atoms with van der Waals surface area (Å²) in [5.41, 5.74) is 8.37. The van der Waals surface area contributed by atoms with Crippen molar-refractivity contribution in [3.63, 3.8) is 0 Å². The molecule has 1 fully saturated rings. The van der Waals surface area contributed by atoms with Gasteiger partial charge in [0.15, 0.2) is 0 Å². The summed E-state index contributed by atoms with van der Waals surface area (Å²) in [5, 5.41) is 0. The van der Waals surface area contributed by atoms with Crippen LogP contribution >= 0.6 is 0 Å². The van der Waals surface area contributed by atoms with E-state index in [1.807, 2.05) is 13.1 Å². The first-order chi connectivity index (χ1) is 6.79. The van der Waals surface area contributed by atoms with Crippen molar-refractivity contribution in [1.82, 2.24) is 9.97 Å². The minimum atomic E-state index is 0.138. The molecule has 0 spiro atoms. The average molecular weight is 191 g/mol. The van der Waals surface area contributed by atoms with Crippen molar-refractivity contribution >= 4 is 0 Å². The first kappa shape index (κ1) is 9.59. The van der Waals surface area contributed by atoms with E-state index in [-0.39, 0.29) is 6.04 Å². The van der Waals surface area contributed by atoms with E-state index in [1.54, 1.807) is 6.33 Å². The van der Waals surface area contributed by atoms with Crippen molar-refractivity contribution < 1.29 is 0 Å². The summed E-state index contributed by atoms with van der Waals surface area (Å²) in [6.45, 7) is 2.01. The van der Waals surface area contributed by atoms with Gasteiger partial charge in [0, 0.05) is 23.5 Å². The number of hydrogen-bond donors (Lipinski definition) is 1. The first-order valence-corrected chi connectivity index (χ1v) is 5.31. The first-order valence-electron chi connectivity index (χ1n) is 5.31. The van der Waals surface area contributed by atoms with E-state index in [4.69, 9.17) is 5.73 Å². The average Bonchev–Trinajstić information content (AvgIpc) is 2.70. The van der Waals surface area contributed by atoms with E-state index in [0.717, 1.165) is 11.3 Å². The Bertz CT molecular complexity index is 305. The molecule has 76 valence electrons. The summed E-state index contributed by atoms with van der Waals surface area (Å²) < 4.78 is 0. The van der Waals surface area contributed by atoms with E-state index >= 15 is 0 Å². The van der Waals surface area contributed by atoms with Crippen LogP contribution in [0.15, 0.2) is 12.5 Å². The van der Waals surface area contributed by atoms with Gasteiger partial charge in [-0.2, -0.15) is 0 Å². The maximum absolute atomic E-state index is 6.22. The van der Waals surface area contributed by atoms with Crippen LogP contribution in [0.4, 0.5) is 0 Å². The molecular formula is C11H17N3. The molecule has 1 aromatic heterocycles. The van der Waals surface area contributed by atoms with Crippen LogP contribution in [0.5, 0.6) is 0 Å². The smallest absolute Gasteiger partial charge is 0.115 e. The van der Waals surface area contributed by atoms with Crippen LogP contribution in [0.2, 0.25) is 0 Å². The summed E-state index contributed by atoms with van der Waals surface area (Å²) in [7, 11) is 0. The van der Waals surface area contributed by atoms with Crippen molar-refractivity contribution in [2.24, 2.45) is 11.7 Å². The van der Waals surface area contributed by atoms with Gasteiger partial charge < -0.3 is 5.73 Å². The lowest BCUT2D eigenvalue weighted by molar-refractivity contribution is 0.441. The molecule has 0 aromatic carbocycles. The van der Waals surface area contributed by atoms with Crippen LogP contribution in [0.1, 0.15) is 43.0 Å². The number of rotatable bonds is 2. The molecule has 0 saturated heterocycles. The van der Waals surface area contributed by atoms with Gasteiger partial charge in [0.05, 0.1) is 0 Å². The lowest BCUT2D eigenvalue weighted by atomic mass is 9.93. The number of nitrogens with two attached hydrogens (primary N) is 1. The van der Waals surface area contributed by atoms with Crippen LogP contribution in [0.25, 0.3) is 0 Å². The topological polar surface area (TPSA) is 51.8 Å². The molecule has 14 heavy (non-hydrogen) atoms. The Labute approximate surface area is 84.8 Å². The molecule has 1 aromatic rings. The third-order valence-electron chi connectivity index (χ3n) is 3.22. The third-order valence-corrected chi connectivity index (χ3v) is 3.22. The largest absolute Gasteiger partial charge is 0.324 e. The Morgan fingerprint density at radius 1 is 1.43 bits per heavy atom. The van der Waals surface area contributed by atoms with Crippen molar-refractivity contribution in [2.45, 2.75) is 38.6 Å². The minimum Gasteiger partial charge on any atom is -0.324 e. The molecular weight excluding hydrogens is 174 g/mol. The van der Waals surface area contributed by atoms with E-state index < -0.39 is 0 Å². The SMILES string of the molecule is Cc1ncncc1C(N)C1CCCC1. The predicted octanol–water partition coefficient (Wildman–Crippen LogP) is 1.98. The van der Waals surface area contributed by atoms with Gasteiger partial charge in [-0.3, -0.25) is 0 Å². The lowest BCUT2D eigenvalue weighted by Gasteiger charge is -2.19. The van der Waals surface area contributed by atoms with Crippen molar-refractivity contribution in [3.05, 3.63) is 23.8 Å². The van der Waals surface area contributed by atoms with Gasteiger partial charge in [-0.15, -0.1) is 0 Å². The quantitative estimate of drug-likeness (QED) is 0.777. The van der Waals surface area contributed by atoms with Crippen LogP contribution in [-0.2, 0) is 0 Å². The maximum Gasteiger partial charge on any atom is 0.115 e. The van der Waals surface area contributed by atoms with Crippen molar-refractivity contribution in [2.75, 3.05) is 0 Å². The molecule has 2 rings (SSSR count). The van der Waals surface area contributed by atoms with Crippen molar-refractivity contribution in [3.8, 4) is 0 Å². The Hall–Kier alpha value is -0.960. The molecule has 0 radical (unpaired) electrons. The van der Waals surface area contributed by atoms with Crippen LogP contribution in [0.3, 0.4) is 0 Å². The summed E-state index contributed by atoms with van der Waals surface area (Å²) in [6, 6.07) is 0.138. The standard InChI is InChI=1S/C11H17N3/c1-8-10(6-13-7-14-8)11(12)9-4-2-3-5-9/h6-7,9,11H,2-5,12H2,1H3. The van der Waals surface area contributed by atoms with Gasteiger partial charge in [-0.25, -0.2) is 9.97 Å². The highest BCUT2D eigenvalue weighted by atomic mass is 14.8. The Morgan fingerprint density at radius 3 is 2.79 bits per heavy atom. The highest BCUT2D eigenvalue weighted by Crippen LogP contribution is 2.34. The lowest BCUT2D eigenvalue weighted by Crippen LogP contribution is -2.20. The molecule has 0 bridgehead atoms. The van der Waals surface area contributed by atoms with Crippen LogP contribution < -0.4 is 5.73 Å². The predicted molar refractivity (Wildman–Crippen MR) is 55.7 cm³/mol. The Balaban J connectivity index is 2.17. The zero-order valence-electron chi connectivity index (χ0n) is 8.61. The fourth-order valence-corrected chi connectivity index (χ4v) is 2.30. The fraction of sp³-hybridized carbons (Fsp3) is 0.636. The van der Waals surface area contributed by atoms with E-state index in [9.17, 15) is 0 Å². The van der Waals surface area contributed by atoms with Crippen LogP contribution in [-0.4, -0.2) is 9.97 Å². The van der Waals surface area contributed by atoms with Crippen molar-refractivity contribution in [1.29, 1.82) is 0 Å². The highest BCUT2D eigenvalue weighted by molar-refractivity contribution is 5.19. The fourth-order valence-electron chi connectivity index (χ4n) is 2.30. The zero-order chi connectivity index (χ0) is 9.97. The van der Waals surface area contributed by atoms with Gasteiger partial charge in [0.1, 0.15) is 6.33 Å². The molecule has 1 aliphatic carbocycles. The molecule has 3 nitrogen and oxygen atoms in total. The number of aromatic nitrogens is 2. The van der Waals surface area contributed by atoms with Gasteiger partial charge in [0.2, 0.25) is 0 Å². The summed E-state index contributed by atoms with van der Waals surface area (Å²) in [5.74, 6) is 0.639. The van der Waals surface area contributed by atoms with Crippen LogP contribution in [0, 0.1) is 12.8 Å². The Kier molecular flexibility index (Phi) is 2.77. The normalized spacial score (nSPS) is 19.9.